The fourth-order valence-corrected chi connectivity index (χ4v) is 3.05. The van der Waals surface area contributed by atoms with Crippen molar-refractivity contribution in [1.29, 1.82) is 0 Å². The first-order valence-corrected chi connectivity index (χ1v) is 8.83. The van der Waals surface area contributed by atoms with E-state index in [1.165, 1.54) is 0 Å². The second-order valence-electron chi connectivity index (χ2n) is 6.71. The Labute approximate surface area is 158 Å². The molecule has 3 rings (SSSR count). The number of hydrogen-bond acceptors (Lipinski definition) is 4. The lowest BCUT2D eigenvalue weighted by atomic mass is 10.1. The van der Waals surface area contributed by atoms with E-state index in [1.807, 2.05) is 50.2 Å². The maximum absolute atomic E-state index is 12.3. The molecule has 0 spiro atoms. The molecule has 1 aliphatic heterocycles. The third-order valence-electron chi connectivity index (χ3n) is 4.55. The van der Waals surface area contributed by atoms with Crippen LogP contribution in [0.15, 0.2) is 48.5 Å². The molecule has 140 valence electrons. The van der Waals surface area contributed by atoms with Gasteiger partial charge in [0.15, 0.2) is 6.61 Å². The van der Waals surface area contributed by atoms with Crippen molar-refractivity contribution in [3.05, 3.63) is 59.7 Å². The summed E-state index contributed by atoms with van der Waals surface area (Å²) in [4.78, 5) is 38.1. The first-order chi connectivity index (χ1) is 12.9. The number of hydrogen-bond donors (Lipinski definition) is 1. The topological polar surface area (TPSA) is 75.7 Å². The summed E-state index contributed by atoms with van der Waals surface area (Å²) in [5.74, 6) is -1.62. The molecular weight excluding hydrogens is 344 g/mol. The molecule has 0 aromatic heterocycles. The summed E-state index contributed by atoms with van der Waals surface area (Å²) in [7, 11) is 0. The van der Waals surface area contributed by atoms with Gasteiger partial charge in [-0.25, -0.2) is 0 Å². The van der Waals surface area contributed by atoms with Gasteiger partial charge >= 0.3 is 5.97 Å². The van der Waals surface area contributed by atoms with E-state index in [-0.39, 0.29) is 25.5 Å². The molecule has 1 atom stereocenters. The predicted molar refractivity (Wildman–Crippen MR) is 102 cm³/mol. The molecule has 2 aromatic carbocycles. The van der Waals surface area contributed by atoms with Crippen molar-refractivity contribution in [3.63, 3.8) is 0 Å². The molecule has 0 unspecified atom stereocenters. The number of benzene rings is 2. The number of nitrogens with zero attached hydrogens (tertiary/aromatic N) is 1. The number of anilines is 2. The van der Waals surface area contributed by atoms with Crippen LogP contribution in [0.4, 0.5) is 11.4 Å². The summed E-state index contributed by atoms with van der Waals surface area (Å²) in [6.45, 7) is 3.77. The average Bonchev–Trinajstić information content (AvgIpc) is 3.04. The van der Waals surface area contributed by atoms with Crippen molar-refractivity contribution in [2.24, 2.45) is 5.92 Å². The van der Waals surface area contributed by atoms with E-state index in [0.717, 1.165) is 16.8 Å². The predicted octanol–water partition coefficient (Wildman–Crippen LogP) is 2.84. The van der Waals surface area contributed by atoms with Gasteiger partial charge in [-0.15, -0.1) is 0 Å². The van der Waals surface area contributed by atoms with Gasteiger partial charge in [-0.3, -0.25) is 14.4 Å². The molecule has 27 heavy (non-hydrogen) atoms. The summed E-state index contributed by atoms with van der Waals surface area (Å²) >= 11 is 0. The zero-order chi connectivity index (χ0) is 19.4. The Morgan fingerprint density at radius 2 is 1.81 bits per heavy atom. The SMILES string of the molecule is Cc1ccc(NC(=O)COC(=O)[C@H]2CC(=O)N(c3ccccc3C)C2)cc1. The van der Waals surface area contributed by atoms with Gasteiger partial charge in [-0.2, -0.15) is 0 Å². The van der Waals surface area contributed by atoms with Crippen LogP contribution < -0.4 is 10.2 Å². The number of amides is 2. The Balaban J connectivity index is 1.53. The highest BCUT2D eigenvalue weighted by Gasteiger charge is 2.36. The van der Waals surface area contributed by atoms with E-state index in [1.54, 1.807) is 17.0 Å². The molecule has 1 fully saturated rings. The van der Waals surface area contributed by atoms with Gasteiger partial charge in [0, 0.05) is 24.3 Å². The maximum atomic E-state index is 12.3. The lowest BCUT2D eigenvalue weighted by molar-refractivity contribution is -0.151. The molecule has 1 saturated heterocycles. The van der Waals surface area contributed by atoms with Gasteiger partial charge in [0.1, 0.15) is 0 Å². The normalized spacial score (nSPS) is 16.3. The summed E-state index contributed by atoms with van der Waals surface area (Å²) in [6, 6.07) is 14.9. The first kappa shape index (κ1) is 18.6. The number of aryl methyl sites for hydroxylation is 2. The number of ether oxygens (including phenoxy) is 1. The van der Waals surface area contributed by atoms with Crippen molar-refractivity contribution < 1.29 is 19.1 Å². The highest BCUT2D eigenvalue weighted by Crippen LogP contribution is 2.28. The Hall–Kier alpha value is -3.15. The van der Waals surface area contributed by atoms with E-state index < -0.39 is 17.8 Å². The number of rotatable bonds is 5. The lowest BCUT2D eigenvalue weighted by Crippen LogP contribution is -2.28. The number of esters is 1. The fraction of sp³-hybridized carbons (Fsp3) is 0.286. The molecule has 6 heteroatoms. The molecule has 0 aliphatic carbocycles. The van der Waals surface area contributed by atoms with Gasteiger partial charge in [0.05, 0.1) is 5.92 Å². The van der Waals surface area contributed by atoms with Crippen molar-refractivity contribution >= 4 is 29.2 Å². The number of carbonyl (C=O) groups is 3. The van der Waals surface area contributed by atoms with Crippen LogP contribution in [-0.4, -0.2) is 30.9 Å². The molecule has 0 radical (unpaired) electrons. The Kier molecular flexibility index (Phi) is 5.54. The standard InChI is InChI=1S/C21H22N2O4/c1-14-7-9-17(10-8-14)22-19(24)13-27-21(26)16-11-20(25)23(12-16)18-6-4-3-5-15(18)2/h3-10,16H,11-13H2,1-2H3,(H,22,24)/t16-/m0/s1. The average molecular weight is 366 g/mol. The van der Waals surface area contributed by atoms with E-state index in [9.17, 15) is 14.4 Å². The fourth-order valence-electron chi connectivity index (χ4n) is 3.05. The zero-order valence-electron chi connectivity index (χ0n) is 15.4. The summed E-state index contributed by atoms with van der Waals surface area (Å²) in [6.07, 6.45) is 0.0900. The summed E-state index contributed by atoms with van der Waals surface area (Å²) in [5.41, 5.74) is 3.50. The monoisotopic (exact) mass is 366 g/mol. The third kappa shape index (κ3) is 4.53. The maximum Gasteiger partial charge on any atom is 0.311 e. The second-order valence-corrected chi connectivity index (χ2v) is 6.71. The first-order valence-electron chi connectivity index (χ1n) is 8.83. The minimum Gasteiger partial charge on any atom is -0.455 e. The van der Waals surface area contributed by atoms with Crippen LogP contribution in [0.2, 0.25) is 0 Å². The third-order valence-corrected chi connectivity index (χ3v) is 4.55. The molecular formula is C21H22N2O4. The number of nitrogens with one attached hydrogen (secondary N) is 1. The molecule has 1 aliphatic rings. The Bertz CT molecular complexity index is 861. The Morgan fingerprint density at radius 1 is 1.11 bits per heavy atom. The minimum absolute atomic E-state index is 0.0900. The van der Waals surface area contributed by atoms with Crippen LogP contribution in [0, 0.1) is 19.8 Å². The van der Waals surface area contributed by atoms with Crippen molar-refractivity contribution in [2.75, 3.05) is 23.4 Å². The Morgan fingerprint density at radius 3 is 2.52 bits per heavy atom. The van der Waals surface area contributed by atoms with E-state index in [0.29, 0.717) is 5.69 Å². The quantitative estimate of drug-likeness (QED) is 0.826. The van der Waals surface area contributed by atoms with Crippen LogP contribution in [0.25, 0.3) is 0 Å². The highest BCUT2D eigenvalue weighted by atomic mass is 16.5. The molecule has 2 aromatic rings. The van der Waals surface area contributed by atoms with Crippen molar-refractivity contribution in [2.45, 2.75) is 20.3 Å². The van der Waals surface area contributed by atoms with Gasteiger partial charge in [0.2, 0.25) is 5.91 Å². The van der Waals surface area contributed by atoms with Crippen LogP contribution >= 0.6 is 0 Å². The largest absolute Gasteiger partial charge is 0.455 e. The van der Waals surface area contributed by atoms with Gasteiger partial charge in [-0.05, 0) is 37.6 Å². The van der Waals surface area contributed by atoms with Crippen LogP contribution in [-0.2, 0) is 19.1 Å². The molecule has 2 amide bonds. The number of para-hydroxylation sites is 1. The van der Waals surface area contributed by atoms with E-state index >= 15 is 0 Å². The molecule has 1 heterocycles. The smallest absolute Gasteiger partial charge is 0.311 e. The van der Waals surface area contributed by atoms with Crippen LogP contribution in [0.5, 0.6) is 0 Å². The summed E-state index contributed by atoms with van der Waals surface area (Å²) < 4.78 is 5.12. The van der Waals surface area contributed by atoms with Gasteiger partial charge in [-0.1, -0.05) is 35.9 Å². The molecule has 1 N–H and O–H groups in total. The van der Waals surface area contributed by atoms with Crippen LogP contribution in [0.3, 0.4) is 0 Å². The lowest BCUT2D eigenvalue weighted by Gasteiger charge is -2.18. The second kappa shape index (κ2) is 8.03. The minimum atomic E-state index is -0.565. The zero-order valence-corrected chi connectivity index (χ0v) is 15.4. The van der Waals surface area contributed by atoms with E-state index in [2.05, 4.69) is 5.32 Å². The highest BCUT2D eigenvalue weighted by molar-refractivity contribution is 6.00. The summed E-state index contributed by atoms with van der Waals surface area (Å²) in [5, 5.41) is 2.67. The van der Waals surface area contributed by atoms with Gasteiger partial charge < -0.3 is 15.0 Å². The number of carbonyl (C=O) groups excluding carboxylic acids is 3. The van der Waals surface area contributed by atoms with Crippen molar-refractivity contribution in [1.82, 2.24) is 0 Å². The molecule has 0 bridgehead atoms. The van der Waals surface area contributed by atoms with Gasteiger partial charge in [0.25, 0.3) is 5.91 Å². The molecule has 6 nitrogen and oxygen atoms in total. The van der Waals surface area contributed by atoms with E-state index in [4.69, 9.17) is 4.74 Å². The van der Waals surface area contributed by atoms with Crippen molar-refractivity contribution in [3.8, 4) is 0 Å². The molecule has 0 saturated carbocycles. The van der Waals surface area contributed by atoms with Crippen LogP contribution in [0.1, 0.15) is 17.5 Å².